The Morgan fingerprint density at radius 3 is 2.56 bits per heavy atom. The highest BCUT2D eigenvalue weighted by molar-refractivity contribution is 6.29. The molecule has 1 aromatic heterocycles. The first kappa shape index (κ1) is 10.7. The minimum absolute atomic E-state index is 0.264. The fraction of sp³-hybridized carbons (Fsp3) is 0. The van der Waals surface area contributed by atoms with Gasteiger partial charge in [-0.1, -0.05) is 11.6 Å². The van der Waals surface area contributed by atoms with Gasteiger partial charge in [0.1, 0.15) is 11.0 Å². The summed E-state index contributed by atoms with van der Waals surface area (Å²) in [4.78, 5) is 3.81. The number of pyridine rings is 1. The molecular formula is C11H9ClFN3. The number of hydrogen-bond donors (Lipinski definition) is 2. The largest absolute Gasteiger partial charge is 0.399 e. The zero-order valence-electron chi connectivity index (χ0n) is 8.24. The molecule has 0 radical (unpaired) electrons. The quantitative estimate of drug-likeness (QED) is 0.592. The summed E-state index contributed by atoms with van der Waals surface area (Å²) < 4.78 is 13.6. The molecule has 1 heterocycles. The summed E-state index contributed by atoms with van der Waals surface area (Å²) in [5.41, 5.74) is 12.8. The molecule has 0 amide bonds. The van der Waals surface area contributed by atoms with Gasteiger partial charge in [-0.3, -0.25) is 0 Å². The summed E-state index contributed by atoms with van der Waals surface area (Å²) in [5.74, 6) is -0.436. The fourth-order valence-corrected chi connectivity index (χ4v) is 1.58. The van der Waals surface area contributed by atoms with Gasteiger partial charge in [-0.15, -0.1) is 0 Å². The van der Waals surface area contributed by atoms with E-state index in [2.05, 4.69) is 4.98 Å². The predicted octanol–water partition coefficient (Wildman–Crippen LogP) is 2.71. The summed E-state index contributed by atoms with van der Waals surface area (Å²) in [6, 6.07) is 5.92. The maximum absolute atomic E-state index is 13.6. The Balaban J connectivity index is 2.62. The van der Waals surface area contributed by atoms with Crippen molar-refractivity contribution in [3.63, 3.8) is 0 Å². The summed E-state index contributed by atoms with van der Waals surface area (Å²) in [5, 5.41) is 0.264. The second-order valence-electron chi connectivity index (χ2n) is 3.33. The number of aromatic nitrogens is 1. The predicted molar refractivity (Wildman–Crippen MR) is 63.5 cm³/mol. The summed E-state index contributed by atoms with van der Waals surface area (Å²) in [7, 11) is 0. The van der Waals surface area contributed by atoms with E-state index in [1.807, 2.05) is 0 Å². The number of nitrogen functional groups attached to an aromatic ring is 2. The standard InChI is InChI=1S/C11H9ClFN3/c12-11-4-8(10(15)5-16-11)7-2-1-6(14)3-9(7)13/h1-5H,14-15H2. The average molecular weight is 238 g/mol. The van der Waals surface area contributed by atoms with Crippen LogP contribution in [-0.2, 0) is 0 Å². The molecule has 3 nitrogen and oxygen atoms in total. The Bertz CT molecular complexity index is 543. The molecule has 0 unspecified atom stereocenters. The van der Waals surface area contributed by atoms with Crippen molar-refractivity contribution in [1.82, 2.24) is 4.98 Å². The van der Waals surface area contributed by atoms with E-state index in [1.54, 1.807) is 12.1 Å². The van der Waals surface area contributed by atoms with E-state index in [4.69, 9.17) is 23.1 Å². The molecule has 0 fully saturated rings. The number of nitrogens with two attached hydrogens (primary N) is 2. The molecule has 2 rings (SSSR count). The SMILES string of the molecule is Nc1ccc(-c2cc(Cl)ncc2N)c(F)c1. The van der Waals surface area contributed by atoms with Crippen LogP contribution in [-0.4, -0.2) is 4.98 Å². The number of benzene rings is 1. The lowest BCUT2D eigenvalue weighted by atomic mass is 10.0. The van der Waals surface area contributed by atoms with Crippen molar-refractivity contribution in [2.45, 2.75) is 0 Å². The van der Waals surface area contributed by atoms with Crippen LogP contribution in [0, 0.1) is 5.82 Å². The van der Waals surface area contributed by atoms with Gasteiger partial charge in [0.05, 0.1) is 11.9 Å². The van der Waals surface area contributed by atoms with E-state index in [0.29, 0.717) is 22.5 Å². The van der Waals surface area contributed by atoms with Crippen LogP contribution in [0.5, 0.6) is 0 Å². The fourth-order valence-electron chi connectivity index (χ4n) is 1.42. The van der Waals surface area contributed by atoms with Crippen LogP contribution in [0.15, 0.2) is 30.5 Å². The highest BCUT2D eigenvalue weighted by Crippen LogP contribution is 2.30. The van der Waals surface area contributed by atoms with Gasteiger partial charge in [0.25, 0.3) is 0 Å². The van der Waals surface area contributed by atoms with Crippen molar-refractivity contribution in [2.24, 2.45) is 0 Å². The minimum Gasteiger partial charge on any atom is -0.399 e. The van der Waals surface area contributed by atoms with Gasteiger partial charge in [-0.2, -0.15) is 0 Å². The van der Waals surface area contributed by atoms with E-state index in [9.17, 15) is 4.39 Å². The molecule has 0 saturated carbocycles. The number of hydrogen-bond acceptors (Lipinski definition) is 3. The van der Waals surface area contributed by atoms with Crippen LogP contribution in [0.4, 0.5) is 15.8 Å². The van der Waals surface area contributed by atoms with Crippen molar-refractivity contribution < 1.29 is 4.39 Å². The van der Waals surface area contributed by atoms with Gasteiger partial charge in [0.2, 0.25) is 0 Å². The molecule has 0 spiro atoms. The molecular weight excluding hydrogens is 229 g/mol. The van der Waals surface area contributed by atoms with Crippen molar-refractivity contribution in [2.75, 3.05) is 11.5 Å². The third-order valence-corrected chi connectivity index (χ3v) is 2.39. The third kappa shape index (κ3) is 1.92. The number of anilines is 2. The van der Waals surface area contributed by atoms with Crippen LogP contribution >= 0.6 is 11.6 Å². The highest BCUT2D eigenvalue weighted by Gasteiger charge is 2.09. The number of rotatable bonds is 1. The lowest BCUT2D eigenvalue weighted by Gasteiger charge is -2.07. The lowest BCUT2D eigenvalue weighted by Crippen LogP contribution is -1.95. The van der Waals surface area contributed by atoms with E-state index < -0.39 is 5.82 Å². The van der Waals surface area contributed by atoms with Crippen LogP contribution < -0.4 is 11.5 Å². The van der Waals surface area contributed by atoms with Crippen molar-refractivity contribution in [1.29, 1.82) is 0 Å². The summed E-state index contributed by atoms with van der Waals surface area (Å²) in [6.45, 7) is 0. The average Bonchev–Trinajstić information content (AvgIpc) is 2.22. The first-order valence-corrected chi connectivity index (χ1v) is 4.92. The lowest BCUT2D eigenvalue weighted by molar-refractivity contribution is 0.632. The minimum atomic E-state index is -0.436. The van der Waals surface area contributed by atoms with Gasteiger partial charge in [0, 0.05) is 16.8 Å². The normalized spacial score (nSPS) is 10.4. The Labute approximate surface area is 96.9 Å². The van der Waals surface area contributed by atoms with Crippen LogP contribution in [0.25, 0.3) is 11.1 Å². The zero-order valence-corrected chi connectivity index (χ0v) is 9.00. The molecule has 82 valence electrons. The Morgan fingerprint density at radius 2 is 1.88 bits per heavy atom. The molecule has 0 aliphatic carbocycles. The maximum atomic E-state index is 13.6. The number of nitrogens with zero attached hydrogens (tertiary/aromatic N) is 1. The first-order chi connectivity index (χ1) is 7.58. The molecule has 4 N–H and O–H groups in total. The van der Waals surface area contributed by atoms with Gasteiger partial charge < -0.3 is 11.5 Å². The van der Waals surface area contributed by atoms with Crippen LogP contribution in [0.1, 0.15) is 0 Å². The van der Waals surface area contributed by atoms with Gasteiger partial charge in [0.15, 0.2) is 0 Å². The summed E-state index contributed by atoms with van der Waals surface area (Å²) >= 11 is 5.74. The van der Waals surface area contributed by atoms with E-state index >= 15 is 0 Å². The monoisotopic (exact) mass is 237 g/mol. The maximum Gasteiger partial charge on any atom is 0.133 e. The van der Waals surface area contributed by atoms with Crippen LogP contribution in [0.3, 0.4) is 0 Å². The molecule has 2 aromatic rings. The van der Waals surface area contributed by atoms with E-state index in [1.165, 1.54) is 18.3 Å². The summed E-state index contributed by atoms with van der Waals surface area (Å²) in [6.07, 6.45) is 1.40. The Hall–Kier alpha value is -1.81. The topological polar surface area (TPSA) is 64.9 Å². The van der Waals surface area contributed by atoms with E-state index in [0.717, 1.165) is 0 Å². The highest BCUT2D eigenvalue weighted by atomic mass is 35.5. The molecule has 5 heteroatoms. The van der Waals surface area contributed by atoms with Crippen molar-refractivity contribution in [3.05, 3.63) is 41.4 Å². The molecule has 1 aromatic carbocycles. The zero-order chi connectivity index (χ0) is 11.7. The molecule has 0 aliphatic rings. The molecule has 0 aliphatic heterocycles. The molecule has 0 saturated heterocycles. The first-order valence-electron chi connectivity index (χ1n) is 4.54. The second kappa shape index (κ2) is 3.98. The third-order valence-electron chi connectivity index (χ3n) is 2.18. The second-order valence-corrected chi connectivity index (χ2v) is 3.72. The Kier molecular flexibility index (Phi) is 2.66. The van der Waals surface area contributed by atoms with Gasteiger partial charge >= 0.3 is 0 Å². The van der Waals surface area contributed by atoms with Crippen LogP contribution in [0.2, 0.25) is 5.15 Å². The molecule has 0 bridgehead atoms. The Morgan fingerprint density at radius 1 is 1.12 bits per heavy atom. The number of halogens is 2. The van der Waals surface area contributed by atoms with Gasteiger partial charge in [-0.25, -0.2) is 9.37 Å². The van der Waals surface area contributed by atoms with Crippen molar-refractivity contribution >= 4 is 23.0 Å². The molecule has 16 heavy (non-hydrogen) atoms. The molecule has 0 atom stereocenters. The smallest absolute Gasteiger partial charge is 0.133 e. The van der Waals surface area contributed by atoms with E-state index in [-0.39, 0.29) is 5.15 Å². The van der Waals surface area contributed by atoms with Gasteiger partial charge in [-0.05, 0) is 24.3 Å². The van der Waals surface area contributed by atoms with Crippen molar-refractivity contribution in [3.8, 4) is 11.1 Å².